The number of aromatic nitrogens is 4. The first-order chi connectivity index (χ1) is 17.3. The van der Waals surface area contributed by atoms with Gasteiger partial charge < -0.3 is 10.2 Å². The fraction of sp³-hybridized carbons (Fsp3) is 0.280. The molecule has 3 aromatic heterocycles. The number of carbonyl (C=O) groups is 1. The molecule has 0 spiro atoms. The molecular formula is C25H22BrF3N6O. The smallest absolute Gasteiger partial charge is 0.366 e. The van der Waals surface area contributed by atoms with Gasteiger partial charge in [0.05, 0.1) is 27.5 Å². The van der Waals surface area contributed by atoms with E-state index in [0.29, 0.717) is 25.2 Å². The Bertz CT molecular complexity index is 1390. The van der Waals surface area contributed by atoms with E-state index in [-0.39, 0.29) is 18.0 Å². The van der Waals surface area contributed by atoms with E-state index in [0.717, 1.165) is 34.0 Å². The van der Waals surface area contributed by atoms with Crippen LogP contribution in [0.1, 0.15) is 45.9 Å². The summed E-state index contributed by atoms with van der Waals surface area (Å²) in [6.07, 6.45) is 1.97. The average Bonchev–Trinajstić information content (AvgIpc) is 3.27. The van der Waals surface area contributed by atoms with E-state index in [1.54, 1.807) is 23.1 Å². The molecule has 4 aromatic rings. The molecule has 1 aliphatic heterocycles. The molecule has 0 radical (unpaired) electrons. The van der Waals surface area contributed by atoms with Crippen LogP contribution in [0.4, 0.5) is 19.0 Å². The molecule has 4 heterocycles. The van der Waals surface area contributed by atoms with Crippen LogP contribution < -0.4 is 5.32 Å². The maximum absolute atomic E-state index is 13.5. The second-order valence-electron chi connectivity index (χ2n) is 8.64. The van der Waals surface area contributed by atoms with Gasteiger partial charge >= 0.3 is 6.18 Å². The zero-order valence-electron chi connectivity index (χ0n) is 19.0. The minimum Gasteiger partial charge on any atom is -0.366 e. The van der Waals surface area contributed by atoms with Crippen molar-refractivity contribution >= 4 is 33.3 Å². The summed E-state index contributed by atoms with van der Waals surface area (Å²) in [7, 11) is 0. The van der Waals surface area contributed by atoms with Gasteiger partial charge in [-0.3, -0.25) is 9.78 Å². The predicted molar refractivity (Wildman–Crippen MR) is 132 cm³/mol. The molecule has 5 rings (SSSR count). The number of fused-ring (bicyclic) bond motifs is 1. The summed E-state index contributed by atoms with van der Waals surface area (Å²) in [5.41, 5.74) is 1.12. The van der Waals surface area contributed by atoms with Crippen LogP contribution in [0.15, 0.2) is 65.5 Å². The molecule has 1 aliphatic rings. The Morgan fingerprint density at radius 2 is 2.00 bits per heavy atom. The number of hydrogen-bond acceptors (Lipinski definition) is 5. The quantitative estimate of drug-likeness (QED) is 0.348. The molecule has 1 aromatic carbocycles. The van der Waals surface area contributed by atoms with E-state index in [2.05, 4.69) is 31.3 Å². The van der Waals surface area contributed by atoms with Crippen molar-refractivity contribution in [1.29, 1.82) is 0 Å². The molecule has 0 bridgehead atoms. The number of rotatable bonds is 5. The molecule has 1 fully saturated rings. The van der Waals surface area contributed by atoms with Crippen LogP contribution in [0.25, 0.3) is 5.65 Å². The minimum absolute atomic E-state index is 0.133. The predicted octanol–water partition coefficient (Wildman–Crippen LogP) is 5.54. The highest BCUT2D eigenvalue weighted by atomic mass is 79.9. The Morgan fingerprint density at radius 3 is 2.78 bits per heavy atom. The van der Waals surface area contributed by atoms with Gasteiger partial charge in [0.25, 0.3) is 5.91 Å². The lowest BCUT2D eigenvalue weighted by Gasteiger charge is -2.33. The van der Waals surface area contributed by atoms with Crippen LogP contribution in [-0.2, 0) is 12.7 Å². The average molecular weight is 559 g/mol. The van der Waals surface area contributed by atoms with Crippen molar-refractivity contribution in [3.05, 3.63) is 87.9 Å². The van der Waals surface area contributed by atoms with Crippen LogP contribution in [0.2, 0.25) is 0 Å². The number of anilines is 1. The van der Waals surface area contributed by atoms with Crippen LogP contribution >= 0.6 is 15.9 Å². The minimum atomic E-state index is -4.60. The summed E-state index contributed by atoms with van der Waals surface area (Å²) >= 11 is 3.49. The molecule has 1 unspecified atom stereocenters. The van der Waals surface area contributed by atoms with Gasteiger partial charge in [-0.2, -0.15) is 22.8 Å². The topological polar surface area (TPSA) is 75.4 Å². The van der Waals surface area contributed by atoms with E-state index in [9.17, 15) is 18.0 Å². The Kier molecular flexibility index (Phi) is 6.65. The van der Waals surface area contributed by atoms with Crippen molar-refractivity contribution < 1.29 is 18.0 Å². The van der Waals surface area contributed by atoms with Crippen molar-refractivity contribution in [3.63, 3.8) is 0 Å². The van der Waals surface area contributed by atoms with E-state index >= 15 is 0 Å². The standard InChI is InChI=1S/C25H22BrF3N6O/c26-20-14-32-35-22(31-13-16-5-3-9-30-12-16)11-21(33-23(20)35)17-6-4-10-34(15-17)24(36)18-7-1-2-8-19(18)25(27,28)29/h1-3,5,7-9,11-12,14,17,31H,4,6,10,13,15H2. The van der Waals surface area contributed by atoms with Gasteiger partial charge in [-0.1, -0.05) is 18.2 Å². The molecule has 0 aliphatic carbocycles. The van der Waals surface area contributed by atoms with E-state index < -0.39 is 17.6 Å². The summed E-state index contributed by atoms with van der Waals surface area (Å²) in [6.45, 7) is 1.20. The van der Waals surface area contributed by atoms with Crippen molar-refractivity contribution in [1.82, 2.24) is 24.5 Å². The number of nitrogens with one attached hydrogen (secondary N) is 1. The number of carbonyl (C=O) groups excluding carboxylic acids is 1. The van der Waals surface area contributed by atoms with E-state index in [4.69, 9.17) is 4.98 Å². The molecule has 1 N–H and O–H groups in total. The van der Waals surface area contributed by atoms with Crippen LogP contribution in [0.3, 0.4) is 0 Å². The first kappa shape index (κ1) is 24.2. The lowest BCUT2D eigenvalue weighted by atomic mass is 9.93. The number of benzene rings is 1. The Hall–Kier alpha value is -3.47. The lowest BCUT2D eigenvalue weighted by molar-refractivity contribution is -0.138. The van der Waals surface area contributed by atoms with Gasteiger partial charge in [0, 0.05) is 44.0 Å². The monoisotopic (exact) mass is 558 g/mol. The fourth-order valence-electron chi connectivity index (χ4n) is 4.48. The summed E-state index contributed by atoms with van der Waals surface area (Å²) in [4.78, 5) is 23.6. The number of likely N-dealkylation sites (tertiary alicyclic amines) is 1. The number of halogens is 4. The summed E-state index contributed by atoms with van der Waals surface area (Å²) in [5.74, 6) is -0.0314. The van der Waals surface area contributed by atoms with E-state index in [1.807, 2.05) is 18.2 Å². The lowest BCUT2D eigenvalue weighted by Crippen LogP contribution is -2.40. The van der Waals surface area contributed by atoms with Gasteiger partial charge in [-0.25, -0.2) is 4.98 Å². The maximum atomic E-state index is 13.5. The van der Waals surface area contributed by atoms with Crippen molar-refractivity contribution in [2.45, 2.75) is 31.5 Å². The molecule has 7 nitrogen and oxygen atoms in total. The molecular weight excluding hydrogens is 537 g/mol. The molecule has 1 saturated heterocycles. The number of alkyl halides is 3. The maximum Gasteiger partial charge on any atom is 0.417 e. The second kappa shape index (κ2) is 9.88. The number of nitrogens with zero attached hydrogens (tertiary/aromatic N) is 5. The van der Waals surface area contributed by atoms with Crippen LogP contribution in [0, 0.1) is 0 Å². The van der Waals surface area contributed by atoms with Crippen LogP contribution in [-0.4, -0.2) is 43.5 Å². The Morgan fingerprint density at radius 1 is 1.17 bits per heavy atom. The zero-order valence-corrected chi connectivity index (χ0v) is 20.6. The largest absolute Gasteiger partial charge is 0.417 e. The fourth-order valence-corrected chi connectivity index (χ4v) is 4.82. The van der Waals surface area contributed by atoms with Crippen LogP contribution in [0.5, 0.6) is 0 Å². The first-order valence-electron chi connectivity index (χ1n) is 11.4. The van der Waals surface area contributed by atoms with Crippen molar-refractivity contribution in [3.8, 4) is 0 Å². The molecule has 0 saturated carbocycles. The number of pyridine rings is 1. The molecule has 36 heavy (non-hydrogen) atoms. The molecule has 1 atom stereocenters. The third kappa shape index (κ3) is 4.92. The molecule has 186 valence electrons. The van der Waals surface area contributed by atoms with Crippen molar-refractivity contribution in [2.24, 2.45) is 0 Å². The number of amides is 1. The highest BCUT2D eigenvalue weighted by Crippen LogP contribution is 2.34. The third-order valence-corrected chi connectivity index (χ3v) is 6.79. The number of hydrogen-bond donors (Lipinski definition) is 1. The second-order valence-corrected chi connectivity index (χ2v) is 9.50. The SMILES string of the molecule is O=C(c1ccccc1C(F)(F)F)N1CCCC(c2cc(NCc3cccnc3)n3ncc(Br)c3n2)C1. The first-order valence-corrected chi connectivity index (χ1v) is 12.2. The highest BCUT2D eigenvalue weighted by Gasteiger charge is 2.37. The summed E-state index contributed by atoms with van der Waals surface area (Å²) in [5, 5.41) is 7.77. The third-order valence-electron chi connectivity index (χ3n) is 6.23. The Labute approximate surface area is 213 Å². The normalized spacial score (nSPS) is 16.3. The number of piperidine rings is 1. The highest BCUT2D eigenvalue weighted by molar-refractivity contribution is 9.10. The van der Waals surface area contributed by atoms with Crippen molar-refractivity contribution in [2.75, 3.05) is 18.4 Å². The molecule has 1 amide bonds. The zero-order chi connectivity index (χ0) is 25.3. The van der Waals surface area contributed by atoms with Gasteiger partial charge in [0.2, 0.25) is 0 Å². The van der Waals surface area contributed by atoms with Gasteiger partial charge in [-0.15, -0.1) is 0 Å². The van der Waals surface area contributed by atoms with E-state index in [1.165, 1.54) is 23.1 Å². The van der Waals surface area contributed by atoms with Gasteiger partial charge in [0.15, 0.2) is 5.65 Å². The van der Waals surface area contributed by atoms with Gasteiger partial charge in [0.1, 0.15) is 5.82 Å². The summed E-state index contributed by atoms with van der Waals surface area (Å²) < 4.78 is 42.9. The van der Waals surface area contributed by atoms with Gasteiger partial charge in [-0.05, 0) is 52.5 Å². The summed E-state index contributed by atoms with van der Waals surface area (Å²) in [6, 6.07) is 10.6. The Balaban J connectivity index is 1.42. The molecule has 11 heteroatoms.